The number of imide groups is 2. The van der Waals surface area contributed by atoms with Gasteiger partial charge in [0, 0.05) is 9.50 Å². The van der Waals surface area contributed by atoms with E-state index in [1.165, 1.54) is 6.08 Å². The highest BCUT2D eigenvalue weighted by molar-refractivity contribution is 9.10. The minimum Gasteiger partial charge on any atom is -0.490 e. The third-order valence-electron chi connectivity index (χ3n) is 6.40. The lowest BCUT2D eigenvalue weighted by Gasteiger charge is -2.26. The molecule has 0 aromatic heterocycles. The lowest BCUT2D eigenvalue weighted by molar-refractivity contribution is -0.122. The maximum Gasteiger partial charge on any atom is 0.335 e. The normalized spacial score (nSPS) is 14.1. The molecule has 0 unspecified atom stereocenters. The van der Waals surface area contributed by atoms with Gasteiger partial charge in [-0.3, -0.25) is 14.9 Å². The summed E-state index contributed by atoms with van der Waals surface area (Å²) in [4.78, 5) is 39.7. The predicted octanol–water partition coefficient (Wildman–Crippen LogP) is 7.33. The second kappa shape index (κ2) is 13.6. The van der Waals surface area contributed by atoms with Gasteiger partial charge in [-0.2, -0.15) is 0 Å². The molecule has 4 aromatic rings. The van der Waals surface area contributed by atoms with Crippen LogP contribution in [-0.4, -0.2) is 24.5 Å². The lowest BCUT2D eigenvalue weighted by atomic mass is 10.1. The van der Waals surface area contributed by atoms with E-state index in [2.05, 4.69) is 21.2 Å². The van der Waals surface area contributed by atoms with Crippen molar-refractivity contribution in [2.45, 2.75) is 20.1 Å². The topological polar surface area (TPSA) is 94.2 Å². The summed E-state index contributed by atoms with van der Waals surface area (Å²) >= 11 is 9.37. The Hall–Kier alpha value is -4.60. The summed E-state index contributed by atoms with van der Waals surface area (Å²) in [5.41, 5.74) is 2.52. The van der Waals surface area contributed by atoms with Crippen molar-refractivity contribution in [3.63, 3.8) is 0 Å². The summed E-state index contributed by atoms with van der Waals surface area (Å²) in [5.74, 6) is -0.0380. The van der Waals surface area contributed by atoms with E-state index in [-0.39, 0.29) is 11.3 Å². The molecule has 0 saturated carbocycles. The van der Waals surface area contributed by atoms with E-state index in [9.17, 15) is 14.4 Å². The largest absolute Gasteiger partial charge is 0.490 e. The average molecular weight is 662 g/mol. The Kier molecular flexibility index (Phi) is 9.44. The van der Waals surface area contributed by atoms with Crippen molar-refractivity contribution in [2.75, 3.05) is 11.5 Å². The number of amides is 4. The van der Waals surface area contributed by atoms with Crippen molar-refractivity contribution in [1.82, 2.24) is 5.32 Å². The van der Waals surface area contributed by atoms with E-state index < -0.39 is 17.8 Å². The zero-order chi connectivity index (χ0) is 30.3. The van der Waals surface area contributed by atoms with Crippen LogP contribution in [0.1, 0.15) is 23.6 Å². The molecule has 1 aliphatic rings. The first-order valence-corrected chi connectivity index (χ1v) is 14.5. The Morgan fingerprint density at radius 3 is 2.12 bits per heavy atom. The Morgan fingerprint density at radius 2 is 1.44 bits per heavy atom. The SMILES string of the molecule is CCOc1cc(/C=C2\C(=O)NC(=O)N(c3ccc(OCc4ccc(Br)cc4)cc3)C2=O)ccc1OCc1ccc(Cl)cc1. The monoisotopic (exact) mass is 660 g/mol. The number of nitrogens with one attached hydrogen (secondary N) is 1. The number of anilines is 1. The first-order valence-electron chi connectivity index (χ1n) is 13.3. The molecule has 8 nitrogen and oxygen atoms in total. The van der Waals surface area contributed by atoms with Gasteiger partial charge in [-0.25, -0.2) is 9.69 Å². The summed E-state index contributed by atoms with van der Waals surface area (Å²) in [7, 11) is 0. The number of hydrogen-bond donors (Lipinski definition) is 1. The summed E-state index contributed by atoms with van der Waals surface area (Å²) < 4.78 is 18.5. The van der Waals surface area contributed by atoms with Gasteiger partial charge >= 0.3 is 6.03 Å². The minimum absolute atomic E-state index is 0.201. The number of halogens is 2. The number of ether oxygens (including phenoxy) is 3. The van der Waals surface area contributed by atoms with Crippen molar-refractivity contribution >= 4 is 57.1 Å². The first-order chi connectivity index (χ1) is 20.8. The summed E-state index contributed by atoms with van der Waals surface area (Å²) in [6, 6.07) is 25.8. The van der Waals surface area contributed by atoms with Gasteiger partial charge in [-0.05, 0) is 90.4 Å². The van der Waals surface area contributed by atoms with Gasteiger partial charge < -0.3 is 14.2 Å². The fraction of sp³-hybridized carbons (Fsp3) is 0.121. The van der Waals surface area contributed by atoms with E-state index in [4.69, 9.17) is 25.8 Å². The second-order valence-corrected chi connectivity index (χ2v) is 10.8. The standard InChI is InChI=1S/C33H26BrClN2O6/c1-2-41-30-18-23(7-16-29(30)43-20-22-5-10-25(35)11-6-22)17-28-31(38)36-33(40)37(32(28)39)26-12-14-27(15-13-26)42-19-21-3-8-24(34)9-4-21/h3-18H,2,19-20H2,1H3,(H,36,38,40)/b28-17+. The molecule has 218 valence electrons. The van der Waals surface area contributed by atoms with Gasteiger partial charge in [-0.15, -0.1) is 0 Å². The molecular formula is C33H26BrClN2O6. The first kappa shape index (κ1) is 29.9. The summed E-state index contributed by atoms with van der Waals surface area (Å²) in [5, 5.41) is 2.88. The molecule has 0 spiro atoms. The summed E-state index contributed by atoms with van der Waals surface area (Å²) in [6.07, 6.45) is 1.41. The van der Waals surface area contributed by atoms with Gasteiger partial charge in [0.25, 0.3) is 11.8 Å². The second-order valence-electron chi connectivity index (χ2n) is 9.42. The van der Waals surface area contributed by atoms with Crippen LogP contribution in [0.3, 0.4) is 0 Å². The van der Waals surface area contributed by atoms with Crippen LogP contribution in [0, 0.1) is 0 Å². The van der Waals surface area contributed by atoms with E-state index in [1.807, 2.05) is 43.3 Å². The molecule has 4 amide bonds. The van der Waals surface area contributed by atoms with Crippen molar-refractivity contribution in [3.05, 3.63) is 123 Å². The Morgan fingerprint density at radius 1 is 0.791 bits per heavy atom. The van der Waals surface area contributed by atoms with Crippen molar-refractivity contribution < 1.29 is 28.6 Å². The minimum atomic E-state index is -0.836. The van der Waals surface area contributed by atoms with E-state index >= 15 is 0 Å². The molecule has 1 fully saturated rings. The molecular weight excluding hydrogens is 636 g/mol. The van der Waals surface area contributed by atoms with Gasteiger partial charge in [-0.1, -0.05) is 57.9 Å². The van der Waals surface area contributed by atoms with Crippen LogP contribution in [0.25, 0.3) is 6.08 Å². The van der Waals surface area contributed by atoms with E-state index in [0.717, 1.165) is 20.5 Å². The fourth-order valence-corrected chi connectivity index (χ4v) is 4.63. The average Bonchev–Trinajstić information content (AvgIpc) is 3.00. The highest BCUT2D eigenvalue weighted by Gasteiger charge is 2.36. The van der Waals surface area contributed by atoms with Crippen LogP contribution < -0.4 is 24.4 Å². The molecule has 43 heavy (non-hydrogen) atoms. The van der Waals surface area contributed by atoms with Crippen LogP contribution >= 0.6 is 27.5 Å². The lowest BCUT2D eigenvalue weighted by Crippen LogP contribution is -2.54. The molecule has 1 aliphatic heterocycles. The Bertz CT molecular complexity index is 1670. The molecule has 4 aromatic carbocycles. The molecule has 0 aliphatic carbocycles. The number of barbiturate groups is 1. The molecule has 0 bridgehead atoms. The van der Waals surface area contributed by atoms with Crippen molar-refractivity contribution in [2.24, 2.45) is 0 Å². The highest BCUT2D eigenvalue weighted by Crippen LogP contribution is 2.31. The number of nitrogens with zero attached hydrogens (tertiary/aromatic N) is 1. The van der Waals surface area contributed by atoms with Gasteiger partial charge in [0.05, 0.1) is 12.3 Å². The number of benzene rings is 4. The quantitative estimate of drug-likeness (QED) is 0.141. The van der Waals surface area contributed by atoms with Crippen molar-refractivity contribution in [1.29, 1.82) is 0 Å². The fourth-order valence-electron chi connectivity index (χ4n) is 4.24. The van der Waals surface area contributed by atoms with Crippen LogP contribution in [0.4, 0.5) is 10.5 Å². The van der Waals surface area contributed by atoms with Gasteiger partial charge in [0.2, 0.25) is 0 Å². The Balaban J connectivity index is 1.32. The molecule has 5 rings (SSSR count). The predicted molar refractivity (Wildman–Crippen MR) is 167 cm³/mol. The third kappa shape index (κ3) is 7.43. The zero-order valence-corrected chi connectivity index (χ0v) is 25.4. The number of urea groups is 1. The smallest absolute Gasteiger partial charge is 0.335 e. The van der Waals surface area contributed by atoms with Crippen LogP contribution in [0.5, 0.6) is 17.2 Å². The van der Waals surface area contributed by atoms with Crippen molar-refractivity contribution in [3.8, 4) is 17.2 Å². The Labute approximate surface area is 261 Å². The van der Waals surface area contributed by atoms with E-state index in [0.29, 0.717) is 47.7 Å². The maximum atomic E-state index is 13.4. The number of carbonyl (C=O) groups is 3. The third-order valence-corrected chi connectivity index (χ3v) is 7.18. The molecule has 1 heterocycles. The molecule has 1 saturated heterocycles. The van der Waals surface area contributed by atoms with Crippen LogP contribution in [0.15, 0.2) is 101 Å². The highest BCUT2D eigenvalue weighted by atomic mass is 79.9. The molecule has 0 atom stereocenters. The van der Waals surface area contributed by atoms with Gasteiger partial charge in [0.1, 0.15) is 24.5 Å². The van der Waals surface area contributed by atoms with Gasteiger partial charge in [0.15, 0.2) is 11.5 Å². The molecule has 1 N–H and O–H groups in total. The number of rotatable bonds is 10. The van der Waals surface area contributed by atoms with Crippen LogP contribution in [-0.2, 0) is 22.8 Å². The zero-order valence-electron chi connectivity index (χ0n) is 23.0. The number of carbonyl (C=O) groups excluding carboxylic acids is 3. The van der Waals surface area contributed by atoms with Crippen LogP contribution in [0.2, 0.25) is 5.02 Å². The number of hydrogen-bond acceptors (Lipinski definition) is 6. The molecule has 0 radical (unpaired) electrons. The summed E-state index contributed by atoms with van der Waals surface area (Å²) in [6.45, 7) is 2.87. The maximum absolute atomic E-state index is 13.4. The molecule has 10 heteroatoms. The van der Waals surface area contributed by atoms with E-state index in [1.54, 1.807) is 54.6 Å².